The lowest BCUT2D eigenvalue weighted by molar-refractivity contribution is 0.0534. The van der Waals surface area contributed by atoms with E-state index in [1.807, 2.05) is 84.9 Å². The molecule has 10 nitrogen and oxygen atoms in total. The second kappa shape index (κ2) is 18.1. The molecule has 0 saturated carbocycles. The van der Waals surface area contributed by atoms with Gasteiger partial charge < -0.3 is 27.8 Å². The molecule has 10 heteroatoms. The highest BCUT2D eigenvalue weighted by Crippen LogP contribution is 2.32. The van der Waals surface area contributed by atoms with Gasteiger partial charge in [-0.15, -0.1) is 0 Å². The van der Waals surface area contributed by atoms with Crippen molar-refractivity contribution in [2.45, 2.75) is 6.54 Å². The van der Waals surface area contributed by atoms with Crippen LogP contribution >= 0.6 is 0 Å². The molecule has 0 bridgehead atoms. The van der Waals surface area contributed by atoms with Crippen LogP contribution in [0.5, 0.6) is 11.5 Å². The largest absolute Gasteiger partial charge is 0.490 e. The average Bonchev–Trinajstić information content (AvgIpc) is 3.21. The molecule has 0 amide bonds. The first kappa shape index (κ1) is 36.3. The Bertz CT molecular complexity index is 2260. The third-order valence-electron chi connectivity index (χ3n) is 8.80. The quantitative estimate of drug-likeness (QED) is 0.0820. The molecule has 0 fully saturated rings. The third-order valence-corrected chi connectivity index (χ3v) is 8.80. The van der Waals surface area contributed by atoms with E-state index in [9.17, 15) is 9.59 Å². The number of pyridine rings is 1. The molecule has 0 saturated heterocycles. The van der Waals surface area contributed by atoms with Gasteiger partial charge in [-0.3, -0.25) is 19.5 Å². The van der Waals surface area contributed by atoms with Crippen LogP contribution in [-0.4, -0.2) is 62.6 Å². The molecule has 3 heterocycles. The fourth-order valence-corrected chi connectivity index (χ4v) is 6.09. The fourth-order valence-electron chi connectivity index (χ4n) is 6.09. The lowest BCUT2D eigenvalue weighted by Crippen LogP contribution is -2.31. The first-order chi connectivity index (χ1) is 26.6. The van der Waals surface area contributed by atoms with Crippen LogP contribution in [0.4, 0.5) is 0 Å². The molecule has 7 rings (SSSR count). The molecule has 0 aliphatic heterocycles. The number of hydrogen-bond donors (Lipinski definition) is 0. The molecule has 0 unspecified atom stereocenters. The van der Waals surface area contributed by atoms with Crippen molar-refractivity contribution in [2.24, 2.45) is 0 Å². The summed E-state index contributed by atoms with van der Waals surface area (Å²) in [6, 6.07) is 36.4. The number of rotatable bonds is 18. The molecule has 54 heavy (non-hydrogen) atoms. The van der Waals surface area contributed by atoms with Gasteiger partial charge in [-0.1, -0.05) is 48.5 Å². The molecule has 0 aliphatic rings. The Kier molecular flexibility index (Phi) is 12.2. The summed E-state index contributed by atoms with van der Waals surface area (Å²) in [4.78, 5) is 31.8. The van der Waals surface area contributed by atoms with E-state index >= 15 is 0 Å². The van der Waals surface area contributed by atoms with Crippen molar-refractivity contribution in [1.82, 2.24) is 9.88 Å². The SMILES string of the molecule is O=c1cc(-c2ccccc2OCCOCCN(CCOCCOc2ccccc2-c2cc(=O)c3ccccc3o2)Cc2ccncc2)oc2ccccc12. The van der Waals surface area contributed by atoms with Crippen LogP contribution in [0.25, 0.3) is 44.6 Å². The van der Waals surface area contributed by atoms with E-state index in [4.69, 9.17) is 27.8 Å². The summed E-state index contributed by atoms with van der Waals surface area (Å²) < 4.78 is 36.2. The Hall–Kier alpha value is -6.07. The molecule has 3 aromatic heterocycles. The first-order valence-corrected chi connectivity index (χ1v) is 17.9. The van der Waals surface area contributed by atoms with Gasteiger partial charge in [-0.2, -0.15) is 0 Å². The van der Waals surface area contributed by atoms with E-state index in [-0.39, 0.29) is 10.9 Å². The fraction of sp³-hybridized carbons (Fsp3) is 0.205. The molecular formula is C44H40N2O8. The number of hydrogen-bond acceptors (Lipinski definition) is 10. The van der Waals surface area contributed by atoms with Crippen molar-refractivity contribution in [3.8, 4) is 34.1 Å². The van der Waals surface area contributed by atoms with Gasteiger partial charge in [0.2, 0.25) is 0 Å². The molecule has 0 aliphatic carbocycles. The van der Waals surface area contributed by atoms with Crippen molar-refractivity contribution in [1.29, 1.82) is 0 Å². The molecule has 0 N–H and O–H groups in total. The summed E-state index contributed by atoms with van der Waals surface area (Å²) in [7, 11) is 0. The lowest BCUT2D eigenvalue weighted by Gasteiger charge is -2.22. The summed E-state index contributed by atoms with van der Waals surface area (Å²) in [5.74, 6) is 2.14. The predicted octanol–water partition coefficient (Wildman–Crippen LogP) is 7.62. The van der Waals surface area contributed by atoms with Crippen molar-refractivity contribution < 1.29 is 27.8 Å². The van der Waals surface area contributed by atoms with Crippen LogP contribution in [-0.2, 0) is 16.0 Å². The zero-order valence-corrected chi connectivity index (χ0v) is 29.7. The van der Waals surface area contributed by atoms with Crippen molar-refractivity contribution in [3.05, 3.63) is 160 Å². The van der Waals surface area contributed by atoms with Gasteiger partial charge in [0.1, 0.15) is 47.4 Å². The highest BCUT2D eigenvalue weighted by Gasteiger charge is 2.14. The van der Waals surface area contributed by atoms with E-state index in [0.29, 0.717) is 109 Å². The Labute approximate surface area is 312 Å². The summed E-state index contributed by atoms with van der Waals surface area (Å²) in [5.41, 5.74) is 3.42. The normalized spacial score (nSPS) is 11.4. The van der Waals surface area contributed by atoms with E-state index in [1.165, 1.54) is 12.1 Å². The molecule has 0 radical (unpaired) electrons. The molecule has 7 aromatic rings. The Morgan fingerprint density at radius 2 is 0.981 bits per heavy atom. The second-order valence-electron chi connectivity index (χ2n) is 12.5. The van der Waals surface area contributed by atoms with E-state index in [2.05, 4.69) is 9.88 Å². The summed E-state index contributed by atoms with van der Waals surface area (Å²) >= 11 is 0. The zero-order valence-electron chi connectivity index (χ0n) is 29.7. The van der Waals surface area contributed by atoms with Crippen molar-refractivity contribution >= 4 is 21.9 Å². The lowest BCUT2D eigenvalue weighted by atomic mass is 10.1. The maximum absolute atomic E-state index is 12.7. The van der Waals surface area contributed by atoms with Crippen molar-refractivity contribution in [2.75, 3.05) is 52.7 Å². The Balaban J connectivity index is 0.873. The van der Waals surface area contributed by atoms with E-state index in [0.717, 1.165) is 12.1 Å². The zero-order chi connectivity index (χ0) is 37.0. The van der Waals surface area contributed by atoms with Gasteiger partial charge in [-0.05, 0) is 66.2 Å². The maximum Gasteiger partial charge on any atom is 0.193 e. The van der Waals surface area contributed by atoms with Crippen LogP contribution in [0.1, 0.15) is 5.56 Å². The Morgan fingerprint density at radius 3 is 1.50 bits per heavy atom. The molecule has 274 valence electrons. The number of aromatic nitrogens is 1. The van der Waals surface area contributed by atoms with Gasteiger partial charge in [-0.25, -0.2) is 0 Å². The van der Waals surface area contributed by atoms with Crippen molar-refractivity contribution in [3.63, 3.8) is 0 Å². The number of nitrogens with zero attached hydrogens (tertiary/aromatic N) is 2. The van der Waals surface area contributed by atoms with Crippen LogP contribution in [0.15, 0.2) is 152 Å². The van der Waals surface area contributed by atoms with E-state index in [1.54, 1.807) is 36.7 Å². The third kappa shape index (κ3) is 9.28. The van der Waals surface area contributed by atoms with Crippen LogP contribution in [0.3, 0.4) is 0 Å². The first-order valence-electron chi connectivity index (χ1n) is 17.9. The number of para-hydroxylation sites is 4. The van der Waals surface area contributed by atoms with Gasteiger partial charge in [0.05, 0.1) is 48.3 Å². The minimum atomic E-state index is -0.101. The number of ether oxygens (including phenoxy) is 4. The van der Waals surface area contributed by atoms with Crippen LogP contribution in [0.2, 0.25) is 0 Å². The minimum Gasteiger partial charge on any atom is -0.490 e. The van der Waals surface area contributed by atoms with Crippen LogP contribution in [0, 0.1) is 0 Å². The summed E-state index contributed by atoms with van der Waals surface area (Å²) in [6.07, 6.45) is 3.58. The second-order valence-corrected chi connectivity index (χ2v) is 12.5. The highest BCUT2D eigenvalue weighted by molar-refractivity contribution is 5.80. The van der Waals surface area contributed by atoms with Gasteiger partial charge in [0, 0.05) is 44.2 Å². The van der Waals surface area contributed by atoms with Gasteiger partial charge >= 0.3 is 0 Å². The summed E-state index contributed by atoms with van der Waals surface area (Å²) in [5, 5.41) is 1.08. The Morgan fingerprint density at radius 1 is 0.519 bits per heavy atom. The minimum absolute atomic E-state index is 0.101. The van der Waals surface area contributed by atoms with Gasteiger partial charge in [0.15, 0.2) is 10.9 Å². The molecular weight excluding hydrogens is 684 g/mol. The highest BCUT2D eigenvalue weighted by atomic mass is 16.5. The monoisotopic (exact) mass is 724 g/mol. The van der Waals surface area contributed by atoms with E-state index < -0.39 is 0 Å². The number of benzene rings is 4. The van der Waals surface area contributed by atoms with Gasteiger partial charge in [0.25, 0.3) is 0 Å². The maximum atomic E-state index is 12.7. The predicted molar refractivity (Wildman–Crippen MR) is 208 cm³/mol. The molecule has 0 atom stereocenters. The van der Waals surface area contributed by atoms with Crippen LogP contribution < -0.4 is 20.3 Å². The number of fused-ring (bicyclic) bond motifs is 2. The topological polar surface area (TPSA) is 113 Å². The molecule has 4 aromatic carbocycles. The average molecular weight is 725 g/mol. The summed E-state index contributed by atoms with van der Waals surface area (Å²) in [6.45, 7) is 4.53. The standard InChI is InChI=1S/C44H40N2O8/c47-37-29-43(53-41-15-7-1-9-33(37)41)35-11-3-5-13-39(35)51-27-25-49-23-21-46(31-32-17-19-45-20-18-32)22-24-50-26-28-52-40-14-6-4-12-36(40)44-30-38(48)34-10-2-8-16-42(34)54-44/h1-20,29-30H,21-28,31H2. The molecule has 0 spiro atoms. The smallest absolute Gasteiger partial charge is 0.193 e.